The molecule has 0 heterocycles. The number of hydrogen-bond acceptors (Lipinski definition) is 4. The van der Waals surface area contributed by atoms with Crippen LogP contribution in [0.3, 0.4) is 0 Å². The van der Waals surface area contributed by atoms with Crippen molar-refractivity contribution in [3.05, 3.63) is 21.7 Å². The van der Waals surface area contributed by atoms with E-state index in [0.29, 0.717) is 6.42 Å². The number of aliphatic carboxylic acids is 1. The summed E-state index contributed by atoms with van der Waals surface area (Å²) in [6.45, 7) is 1.50. The highest BCUT2D eigenvalue weighted by atomic mass is 35.5. The number of halogens is 3. The van der Waals surface area contributed by atoms with Crippen molar-refractivity contribution >= 4 is 46.7 Å². The number of carboxylic acid groups (broad SMARTS) is 1. The Kier molecular flexibility index (Phi) is 6.17. The first-order valence-electron chi connectivity index (χ1n) is 5.61. The molecular formula is C12H12Cl3O4-. The van der Waals surface area contributed by atoms with Crippen molar-refractivity contribution in [1.29, 1.82) is 0 Å². The average Bonchev–Trinajstić information content (AvgIpc) is 2.37. The largest absolute Gasteiger partial charge is 0.550 e. The summed E-state index contributed by atoms with van der Waals surface area (Å²) in [5.41, 5.74) is 0. The molecule has 0 unspecified atom stereocenters. The van der Waals surface area contributed by atoms with E-state index in [4.69, 9.17) is 39.5 Å². The van der Waals surface area contributed by atoms with E-state index in [1.807, 2.05) is 0 Å². The lowest BCUT2D eigenvalue weighted by atomic mass is 9.83. The van der Waals surface area contributed by atoms with Gasteiger partial charge in [0.1, 0.15) is 10.6 Å². The molecule has 0 N–H and O–H groups in total. The third kappa shape index (κ3) is 4.41. The number of carboxylic acids is 1. The molecule has 7 heteroatoms. The first-order valence-corrected chi connectivity index (χ1v) is 6.75. The molecule has 4 nitrogen and oxygen atoms in total. The van der Waals surface area contributed by atoms with Gasteiger partial charge in [-0.15, -0.1) is 0 Å². The molecule has 0 amide bonds. The second kappa shape index (κ2) is 7.17. The molecule has 0 fully saturated rings. The highest BCUT2D eigenvalue weighted by Crippen LogP contribution is 2.29. The van der Waals surface area contributed by atoms with Gasteiger partial charge in [-0.25, -0.2) is 0 Å². The topological polar surface area (TPSA) is 66.4 Å². The van der Waals surface area contributed by atoms with Gasteiger partial charge in [0.25, 0.3) is 0 Å². The van der Waals surface area contributed by atoms with E-state index < -0.39 is 29.9 Å². The monoisotopic (exact) mass is 325 g/mol. The Morgan fingerprint density at radius 1 is 1.21 bits per heavy atom. The summed E-state index contributed by atoms with van der Waals surface area (Å²) in [5.74, 6) is -3.59. The predicted molar refractivity (Wildman–Crippen MR) is 70.5 cm³/mol. The summed E-state index contributed by atoms with van der Waals surface area (Å²) < 4.78 is 4.88. The molecule has 0 aromatic rings. The Hall–Kier alpha value is -0.710. The molecule has 3 atom stereocenters. The highest BCUT2D eigenvalue weighted by molar-refractivity contribution is 6.59. The molecule has 0 radical (unpaired) electrons. The van der Waals surface area contributed by atoms with Crippen LogP contribution in [-0.4, -0.2) is 18.0 Å². The fourth-order valence-electron chi connectivity index (χ4n) is 1.80. The van der Waals surface area contributed by atoms with Gasteiger partial charge in [0.2, 0.25) is 0 Å². The first-order chi connectivity index (χ1) is 8.84. The van der Waals surface area contributed by atoms with E-state index in [-0.39, 0.29) is 15.9 Å². The third-order valence-electron chi connectivity index (χ3n) is 2.87. The van der Waals surface area contributed by atoms with Crippen molar-refractivity contribution in [2.75, 3.05) is 0 Å². The lowest BCUT2D eigenvalue weighted by molar-refractivity contribution is -0.313. The zero-order valence-electron chi connectivity index (χ0n) is 10.1. The van der Waals surface area contributed by atoms with Crippen LogP contribution in [0.4, 0.5) is 0 Å². The zero-order valence-corrected chi connectivity index (χ0v) is 12.3. The number of hydrogen-bond donors (Lipinski definition) is 0. The lowest BCUT2D eigenvalue weighted by Crippen LogP contribution is -2.41. The molecule has 1 aliphatic carbocycles. The third-order valence-corrected chi connectivity index (χ3v) is 3.97. The summed E-state index contributed by atoms with van der Waals surface area (Å²) >= 11 is 16.7. The Labute approximate surface area is 126 Å². The normalized spacial score (nSPS) is 23.6. The fourth-order valence-corrected chi connectivity index (χ4v) is 2.15. The Morgan fingerprint density at radius 3 is 2.21 bits per heavy atom. The minimum absolute atomic E-state index is 0.00645. The number of carbonyl (C=O) groups excluding carboxylic acids is 2. The molecule has 0 spiro atoms. The highest BCUT2D eigenvalue weighted by Gasteiger charge is 2.32. The molecule has 1 aliphatic rings. The van der Waals surface area contributed by atoms with Crippen LogP contribution in [0.15, 0.2) is 21.7 Å². The molecule has 19 heavy (non-hydrogen) atoms. The van der Waals surface area contributed by atoms with Gasteiger partial charge in [-0.3, -0.25) is 4.79 Å². The van der Waals surface area contributed by atoms with Crippen LogP contribution in [0, 0.1) is 11.8 Å². The Bertz CT molecular complexity index is 427. The SMILES string of the molecule is C[C@H](OC(=O)[C@H]1CC=CC[C@@H]1C(=O)[O-])C(Cl)=C(Cl)Cl. The maximum Gasteiger partial charge on any atom is 0.310 e. The maximum atomic E-state index is 11.9. The number of allylic oxidation sites excluding steroid dienone is 2. The van der Waals surface area contributed by atoms with Crippen molar-refractivity contribution in [3.63, 3.8) is 0 Å². The summed E-state index contributed by atoms with van der Waals surface area (Å²) in [7, 11) is 0. The molecule has 0 aromatic carbocycles. The van der Waals surface area contributed by atoms with Crippen LogP contribution in [0.2, 0.25) is 0 Å². The van der Waals surface area contributed by atoms with Gasteiger partial charge in [0.15, 0.2) is 0 Å². The quantitative estimate of drug-likeness (QED) is 0.586. The molecule has 0 bridgehead atoms. The summed E-state index contributed by atoms with van der Waals surface area (Å²) in [6.07, 6.45) is 3.15. The van der Waals surface area contributed by atoms with Crippen molar-refractivity contribution in [3.8, 4) is 0 Å². The minimum Gasteiger partial charge on any atom is -0.550 e. The van der Waals surface area contributed by atoms with Crippen LogP contribution < -0.4 is 5.11 Å². The van der Waals surface area contributed by atoms with E-state index >= 15 is 0 Å². The lowest BCUT2D eigenvalue weighted by Gasteiger charge is -2.28. The van der Waals surface area contributed by atoms with Gasteiger partial charge in [-0.2, -0.15) is 0 Å². The van der Waals surface area contributed by atoms with Gasteiger partial charge >= 0.3 is 5.97 Å². The van der Waals surface area contributed by atoms with Crippen LogP contribution >= 0.6 is 34.8 Å². The fraction of sp³-hybridized carbons (Fsp3) is 0.500. The first kappa shape index (κ1) is 16.3. The van der Waals surface area contributed by atoms with E-state index in [1.165, 1.54) is 6.92 Å². The second-order valence-electron chi connectivity index (χ2n) is 4.16. The van der Waals surface area contributed by atoms with Crippen molar-refractivity contribution < 1.29 is 19.4 Å². The van der Waals surface area contributed by atoms with E-state index in [9.17, 15) is 14.7 Å². The molecule has 0 saturated heterocycles. The van der Waals surface area contributed by atoms with Crippen LogP contribution in [-0.2, 0) is 14.3 Å². The van der Waals surface area contributed by atoms with Crippen LogP contribution in [0.1, 0.15) is 19.8 Å². The van der Waals surface area contributed by atoms with Gasteiger partial charge < -0.3 is 14.6 Å². The summed E-state index contributed by atoms with van der Waals surface area (Å²) in [5, 5.41) is 11.0. The van der Waals surface area contributed by atoms with Gasteiger partial charge in [-0.05, 0) is 19.8 Å². The number of esters is 1. The minimum atomic E-state index is -1.27. The molecule has 0 aromatic heterocycles. The summed E-state index contributed by atoms with van der Waals surface area (Å²) in [4.78, 5) is 22.9. The van der Waals surface area contributed by atoms with E-state index in [1.54, 1.807) is 12.2 Å². The maximum absolute atomic E-state index is 11.9. The molecule has 1 rings (SSSR count). The van der Waals surface area contributed by atoms with Gasteiger partial charge in [0, 0.05) is 11.9 Å². The van der Waals surface area contributed by atoms with Gasteiger partial charge in [-0.1, -0.05) is 47.0 Å². The molecule has 106 valence electrons. The number of carbonyl (C=O) groups is 2. The smallest absolute Gasteiger partial charge is 0.310 e. The van der Waals surface area contributed by atoms with Crippen molar-refractivity contribution in [1.82, 2.24) is 0 Å². The van der Waals surface area contributed by atoms with Crippen molar-refractivity contribution in [2.24, 2.45) is 11.8 Å². The average molecular weight is 327 g/mol. The Morgan fingerprint density at radius 2 is 1.74 bits per heavy atom. The van der Waals surface area contributed by atoms with Crippen LogP contribution in [0.25, 0.3) is 0 Å². The van der Waals surface area contributed by atoms with E-state index in [2.05, 4.69) is 0 Å². The van der Waals surface area contributed by atoms with Gasteiger partial charge in [0.05, 0.1) is 11.0 Å². The zero-order chi connectivity index (χ0) is 14.6. The summed E-state index contributed by atoms with van der Waals surface area (Å²) in [6, 6.07) is 0. The van der Waals surface area contributed by atoms with Crippen LogP contribution in [0.5, 0.6) is 0 Å². The predicted octanol–water partition coefficient (Wildman–Crippen LogP) is 2.14. The Balaban J connectivity index is 2.74. The molecular weight excluding hydrogens is 314 g/mol. The van der Waals surface area contributed by atoms with Crippen molar-refractivity contribution in [2.45, 2.75) is 25.9 Å². The van der Waals surface area contributed by atoms with E-state index in [0.717, 1.165) is 0 Å². The number of ether oxygens (including phenoxy) is 1. The second-order valence-corrected chi connectivity index (χ2v) is 5.52. The molecule has 0 saturated carbocycles. The standard InChI is InChI=1S/C12H13Cl3O4/c1-6(9(13)10(14)15)19-12(18)8-5-3-2-4-7(8)11(16)17/h2-3,6-8H,4-5H2,1H3,(H,16,17)/p-1/t6-,7-,8-/m0/s1. The molecule has 0 aliphatic heterocycles. The number of rotatable bonds is 4.